The van der Waals surface area contributed by atoms with E-state index in [4.69, 9.17) is 16.3 Å². The van der Waals surface area contributed by atoms with Gasteiger partial charge in [0.25, 0.3) is 5.91 Å². The van der Waals surface area contributed by atoms with E-state index >= 15 is 0 Å². The van der Waals surface area contributed by atoms with Crippen molar-refractivity contribution < 1.29 is 32.6 Å². The summed E-state index contributed by atoms with van der Waals surface area (Å²) in [6.45, 7) is 2.06. The van der Waals surface area contributed by atoms with Crippen LogP contribution in [0.25, 0.3) is 10.8 Å². The molecule has 1 aromatic heterocycles. The minimum atomic E-state index is -4.62. The molecule has 0 fully saturated rings. The van der Waals surface area contributed by atoms with Crippen molar-refractivity contribution in [2.75, 3.05) is 0 Å². The molecule has 1 amide bonds. The highest BCUT2D eigenvalue weighted by Crippen LogP contribution is 2.37. The number of carbonyl (C=O) groups excluding carboxylic acids is 1. The molecule has 0 saturated carbocycles. The number of aromatic nitrogens is 1. The van der Waals surface area contributed by atoms with E-state index in [1.165, 1.54) is 19.9 Å². The van der Waals surface area contributed by atoms with Gasteiger partial charge in [-0.05, 0) is 26.0 Å². The maximum Gasteiger partial charge on any atom is 0.416 e. The van der Waals surface area contributed by atoms with Crippen molar-refractivity contribution in [3.63, 3.8) is 0 Å². The second-order valence-electron chi connectivity index (χ2n) is 7.48. The molecule has 3 rings (SSSR count). The first-order chi connectivity index (χ1) is 14.9. The topological polar surface area (TPSA) is 88.5 Å². The number of nitrogens with one attached hydrogen (secondary N) is 1. The lowest BCUT2D eigenvalue weighted by molar-refractivity contribution is -0.143. The van der Waals surface area contributed by atoms with Gasteiger partial charge in [0.1, 0.15) is 17.9 Å². The van der Waals surface area contributed by atoms with Gasteiger partial charge < -0.3 is 15.2 Å². The van der Waals surface area contributed by atoms with Gasteiger partial charge in [-0.3, -0.25) is 9.78 Å². The van der Waals surface area contributed by atoms with Gasteiger partial charge in [0.05, 0.1) is 11.1 Å². The number of alkyl halides is 3. The number of benzene rings is 2. The van der Waals surface area contributed by atoms with Gasteiger partial charge in [-0.1, -0.05) is 35.9 Å². The number of amides is 1. The monoisotopic (exact) mass is 466 g/mol. The molecule has 3 aromatic rings. The Morgan fingerprint density at radius 3 is 2.44 bits per heavy atom. The zero-order valence-corrected chi connectivity index (χ0v) is 17.7. The molecule has 0 unspecified atom stereocenters. The predicted molar refractivity (Wildman–Crippen MR) is 112 cm³/mol. The van der Waals surface area contributed by atoms with Gasteiger partial charge in [0.2, 0.25) is 0 Å². The van der Waals surface area contributed by atoms with Crippen molar-refractivity contribution in [2.24, 2.45) is 0 Å². The zero-order valence-electron chi connectivity index (χ0n) is 17.0. The molecule has 0 spiro atoms. The molecule has 0 aliphatic carbocycles. The number of hydrogen-bond donors (Lipinski definition) is 2. The van der Waals surface area contributed by atoms with Crippen LogP contribution in [0.5, 0.6) is 5.75 Å². The smallest absolute Gasteiger partial charge is 0.416 e. The molecule has 1 heterocycles. The quantitative estimate of drug-likeness (QED) is 0.529. The fourth-order valence-electron chi connectivity index (χ4n) is 3.00. The molecule has 10 heteroatoms. The Balaban J connectivity index is 2.08. The zero-order chi connectivity index (χ0) is 23.7. The van der Waals surface area contributed by atoms with Crippen LogP contribution >= 0.6 is 11.6 Å². The van der Waals surface area contributed by atoms with Gasteiger partial charge >= 0.3 is 12.1 Å². The van der Waals surface area contributed by atoms with Crippen LogP contribution in [0, 0.1) is 0 Å². The number of pyridine rings is 1. The lowest BCUT2D eigenvalue weighted by atomic mass is 10.0. The van der Waals surface area contributed by atoms with Crippen LogP contribution in [0.3, 0.4) is 0 Å². The molecule has 0 atom stereocenters. The van der Waals surface area contributed by atoms with E-state index in [9.17, 15) is 27.9 Å². The van der Waals surface area contributed by atoms with E-state index in [2.05, 4.69) is 10.3 Å². The molecule has 32 heavy (non-hydrogen) atoms. The van der Waals surface area contributed by atoms with Crippen molar-refractivity contribution in [2.45, 2.75) is 32.2 Å². The van der Waals surface area contributed by atoms with E-state index in [0.29, 0.717) is 10.8 Å². The van der Waals surface area contributed by atoms with Crippen molar-refractivity contribution >= 4 is 34.2 Å². The maximum atomic E-state index is 13.3. The highest BCUT2D eigenvalue weighted by Gasteiger charge is 2.34. The van der Waals surface area contributed by atoms with Crippen LogP contribution in [0.1, 0.15) is 35.3 Å². The summed E-state index contributed by atoms with van der Waals surface area (Å²) in [4.78, 5) is 28.0. The Morgan fingerprint density at radius 1 is 1.16 bits per heavy atom. The predicted octanol–water partition coefficient (Wildman–Crippen LogP) is 5.08. The van der Waals surface area contributed by atoms with Gasteiger partial charge in [0.15, 0.2) is 0 Å². The third kappa shape index (κ3) is 4.77. The third-order valence-electron chi connectivity index (χ3n) is 4.73. The maximum absolute atomic E-state index is 13.3. The lowest BCUT2D eigenvalue weighted by Crippen LogP contribution is -2.49. The van der Waals surface area contributed by atoms with Crippen LogP contribution in [0.2, 0.25) is 5.02 Å². The fourth-order valence-corrected chi connectivity index (χ4v) is 3.28. The largest absolute Gasteiger partial charge is 0.487 e. The summed E-state index contributed by atoms with van der Waals surface area (Å²) < 4.78 is 45.7. The average Bonchev–Trinajstić information content (AvgIpc) is 2.72. The van der Waals surface area contributed by atoms with E-state index in [1.54, 1.807) is 24.3 Å². The fraction of sp³-hybridized carbons (Fsp3) is 0.227. The van der Waals surface area contributed by atoms with E-state index < -0.39 is 35.8 Å². The van der Waals surface area contributed by atoms with E-state index in [1.807, 2.05) is 0 Å². The second kappa shape index (κ2) is 8.66. The van der Waals surface area contributed by atoms with Gasteiger partial charge in [-0.2, -0.15) is 13.2 Å². The molecule has 0 aliphatic heterocycles. The summed E-state index contributed by atoms with van der Waals surface area (Å²) in [6.07, 6.45) is -2.56. The molecular formula is C22H18ClF3N2O4. The Kier molecular flexibility index (Phi) is 6.32. The van der Waals surface area contributed by atoms with Gasteiger partial charge in [0, 0.05) is 33.8 Å². The summed E-state index contributed by atoms with van der Waals surface area (Å²) in [7, 11) is 0. The van der Waals surface area contributed by atoms with Crippen LogP contribution in [0.4, 0.5) is 13.2 Å². The number of carboxylic acids is 1. The van der Waals surface area contributed by atoms with Crippen molar-refractivity contribution in [3.8, 4) is 5.75 Å². The molecule has 0 radical (unpaired) electrons. The first-order valence-corrected chi connectivity index (χ1v) is 9.69. The number of nitrogens with zero attached hydrogens (tertiary/aromatic N) is 1. The number of aliphatic carboxylic acids is 1. The summed E-state index contributed by atoms with van der Waals surface area (Å²) in [5.41, 5.74) is -2.86. The third-order valence-corrected chi connectivity index (χ3v) is 5.04. The minimum Gasteiger partial charge on any atom is -0.487 e. The van der Waals surface area contributed by atoms with E-state index in [0.717, 1.165) is 18.5 Å². The normalized spacial score (nSPS) is 11.9. The molecule has 2 aromatic carbocycles. The summed E-state index contributed by atoms with van der Waals surface area (Å²) in [6, 6.07) is 8.75. The molecule has 0 saturated heterocycles. The number of halogens is 4. The van der Waals surface area contributed by atoms with Crippen LogP contribution < -0.4 is 10.1 Å². The molecule has 168 valence electrons. The highest BCUT2D eigenvalue weighted by atomic mass is 35.5. The number of fused-ring (bicyclic) bond motifs is 1. The summed E-state index contributed by atoms with van der Waals surface area (Å²) in [5.74, 6) is -2.10. The Labute approximate surface area is 186 Å². The van der Waals surface area contributed by atoms with Crippen LogP contribution in [-0.2, 0) is 17.6 Å². The first-order valence-electron chi connectivity index (χ1n) is 9.32. The summed E-state index contributed by atoms with van der Waals surface area (Å²) >= 11 is 6.30. The standard InChI is InChI=1S/C22H18ClF3N2O4/c1-21(2,20(30)31)28-19(29)15-9-17(23)13-5-3-4-6-14(13)18(15)32-11-12-10-27-8-7-16(12)22(24,25)26/h3-10H,11H2,1-2H3,(H,28,29)(H,30,31). The van der Waals surface area contributed by atoms with E-state index in [-0.39, 0.29) is 21.9 Å². The number of ether oxygens (including phenoxy) is 1. The first kappa shape index (κ1) is 23.3. The van der Waals surface area contributed by atoms with Gasteiger partial charge in [-0.25, -0.2) is 4.79 Å². The van der Waals surface area contributed by atoms with Crippen molar-refractivity contribution in [1.29, 1.82) is 0 Å². The minimum absolute atomic E-state index is 0.0272. The molecule has 0 aliphatic rings. The number of hydrogen-bond acceptors (Lipinski definition) is 4. The van der Waals surface area contributed by atoms with Crippen LogP contribution in [-0.4, -0.2) is 27.5 Å². The Morgan fingerprint density at radius 2 is 1.81 bits per heavy atom. The van der Waals surface area contributed by atoms with Crippen LogP contribution in [0.15, 0.2) is 48.8 Å². The highest BCUT2D eigenvalue weighted by molar-refractivity contribution is 6.36. The SMILES string of the molecule is CC(C)(NC(=O)c1cc(Cl)c2ccccc2c1OCc1cnccc1C(F)(F)F)C(=O)O. The number of carboxylic acid groups (broad SMARTS) is 1. The number of rotatable bonds is 6. The molecule has 6 nitrogen and oxygen atoms in total. The lowest BCUT2D eigenvalue weighted by Gasteiger charge is -2.23. The molecule has 0 bridgehead atoms. The molecular weight excluding hydrogens is 449 g/mol. The van der Waals surface area contributed by atoms with Crippen molar-refractivity contribution in [3.05, 3.63) is 70.5 Å². The Bertz CT molecular complexity index is 1200. The van der Waals surface area contributed by atoms with Gasteiger partial charge in [-0.15, -0.1) is 0 Å². The summed E-state index contributed by atoms with van der Waals surface area (Å²) in [5, 5.41) is 12.8. The Hall–Kier alpha value is -3.33. The second-order valence-corrected chi connectivity index (χ2v) is 7.89. The number of carbonyl (C=O) groups is 2. The van der Waals surface area contributed by atoms with Crippen molar-refractivity contribution in [1.82, 2.24) is 10.3 Å². The average molecular weight is 467 g/mol. The molecule has 2 N–H and O–H groups in total.